The molecule has 0 saturated carbocycles. The summed E-state index contributed by atoms with van der Waals surface area (Å²) in [5, 5.41) is 9.52. The van der Waals surface area contributed by atoms with Crippen molar-refractivity contribution in [2.24, 2.45) is 7.05 Å². The Balaban J connectivity index is 1.33. The van der Waals surface area contributed by atoms with Crippen LogP contribution in [0, 0.1) is 6.92 Å². The number of amides is 2. The number of nitrogens with zero attached hydrogens (tertiary/aromatic N) is 4. The van der Waals surface area contributed by atoms with Crippen molar-refractivity contribution in [2.75, 3.05) is 26.8 Å². The number of carbonyl (C=O) groups is 2. The number of ether oxygens (including phenoxy) is 1. The number of hydrogen-bond donors (Lipinski definition) is 1. The van der Waals surface area contributed by atoms with Crippen LogP contribution >= 0.6 is 0 Å². The fraction of sp³-hybridized carbons (Fsp3) is 0.346. The Hall–Kier alpha value is -3.65. The number of aromatic nitrogens is 3. The van der Waals surface area contributed by atoms with Crippen LogP contribution in [0.4, 0.5) is 0 Å². The normalized spacial score (nSPS) is 15.6. The molecule has 0 aliphatic carbocycles. The first-order chi connectivity index (χ1) is 16.5. The molecule has 0 bridgehead atoms. The fourth-order valence-corrected chi connectivity index (χ4v) is 4.76. The number of aryl methyl sites for hydroxylation is 2. The van der Waals surface area contributed by atoms with Gasteiger partial charge in [-0.15, -0.1) is 0 Å². The lowest BCUT2D eigenvalue weighted by molar-refractivity contribution is 0.0418. The Morgan fingerprint density at radius 3 is 2.71 bits per heavy atom. The maximum absolute atomic E-state index is 13.3. The van der Waals surface area contributed by atoms with Gasteiger partial charge in [0.15, 0.2) is 0 Å². The lowest BCUT2D eigenvalue weighted by Crippen LogP contribution is -2.53. The molecule has 2 aromatic carbocycles. The van der Waals surface area contributed by atoms with E-state index in [2.05, 4.69) is 5.32 Å². The van der Waals surface area contributed by atoms with Gasteiger partial charge in [-0.05, 0) is 37.1 Å². The smallest absolute Gasteiger partial charge is 0.256 e. The molecule has 1 atom stereocenters. The Morgan fingerprint density at radius 2 is 1.94 bits per heavy atom. The third-order valence-electron chi connectivity index (χ3n) is 6.77. The minimum atomic E-state index is -0.116. The van der Waals surface area contributed by atoms with Crippen LogP contribution in [0.1, 0.15) is 32.7 Å². The van der Waals surface area contributed by atoms with Crippen molar-refractivity contribution in [1.82, 2.24) is 24.6 Å². The minimum absolute atomic E-state index is 0.0657. The van der Waals surface area contributed by atoms with E-state index < -0.39 is 0 Å². The zero-order chi connectivity index (χ0) is 23.8. The molecule has 1 fully saturated rings. The highest BCUT2D eigenvalue weighted by Crippen LogP contribution is 2.28. The molecular formula is C26H29N5O3. The van der Waals surface area contributed by atoms with Crippen LogP contribution < -0.4 is 5.32 Å². The molecule has 3 heterocycles. The van der Waals surface area contributed by atoms with Crippen molar-refractivity contribution in [2.45, 2.75) is 25.9 Å². The molecule has 5 rings (SSSR count). The van der Waals surface area contributed by atoms with Crippen molar-refractivity contribution >= 4 is 33.6 Å². The van der Waals surface area contributed by atoms with Crippen LogP contribution in [-0.2, 0) is 18.3 Å². The Kier molecular flexibility index (Phi) is 5.83. The van der Waals surface area contributed by atoms with Crippen molar-refractivity contribution < 1.29 is 14.3 Å². The first kappa shape index (κ1) is 22.2. The summed E-state index contributed by atoms with van der Waals surface area (Å²) in [4.78, 5) is 27.8. The largest absolute Gasteiger partial charge is 0.383 e. The number of fused-ring (bicyclic) bond motifs is 2. The van der Waals surface area contributed by atoms with Crippen LogP contribution in [0.25, 0.3) is 21.8 Å². The van der Waals surface area contributed by atoms with Crippen LogP contribution in [0.2, 0.25) is 0 Å². The fourth-order valence-electron chi connectivity index (χ4n) is 4.76. The molecule has 1 saturated heterocycles. The van der Waals surface area contributed by atoms with Gasteiger partial charge in [0.05, 0.1) is 30.3 Å². The van der Waals surface area contributed by atoms with Gasteiger partial charge in [-0.3, -0.25) is 14.3 Å². The summed E-state index contributed by atoms with van der Waals surface area (Å²) in [6, 6.07) is 11.8. The quantitative estimate of drug-likeness (QED) is 0.431. The number of hydrogen-bond acceptors (Lipinski definition) is 4. The molecular weight excluding hydrogens is 430 g/mol. The van der Waals surface area contributed by atoms with Gasteiger partial charge in [0.2, 0.25) is 0 Å². The molecule has 1 aliphatic rings. The van der Waals surface area contributed by atoms with Gasteiger partial charge in [-0.25, -0.2) is 0 Å². The average Bonchev–Trinajstić information content (AvgIpc) is 3.39. The van der Waals surface area contributed by atoms with E-state index in [1.807, 2.05) is 76.9 Å². The zero-order valence-corrected chi connectivity index (χ0v) is 19.7. The van der Waals surface area contributed by atoms with Gasteiger partial charge in [-0.1, -0.05) is 18.2 Å². The van der Waals surface area contributed by atoms with Crippen LogP contribution in [0.5, 0.6) is 0 Å². The number of benzene rings is 2. The molecule has 1 unspecified atom stereocenters. The summed E-state index contributed by atoms with van der Waals surface area (Å²) < 4.78 is 8.91. The Bertz CT molecular complexity index is 1390. The van der Waals surface area contributed by atoms with Gasteiger partial charge in [0.25, 0.3) is 11.8 Å². The lowest BCUT2D eigenvalue weighted by Gasteiger charge is -2.40. The molecule has 8 heteroatoms. The SMILES string of the molecule is COCCNC(=O)c1ccc2nn(CC3CCN3C(=O)c3cn(C)c4ccccc34)cc2c1C. The second kappa shape index (κ2) is 8.95. The lowest BCUT2D eigenvalue weighted by atomic mass is 10.0. The summed E-state index contributed by atoms with van der Waals surface area (Å²) in [7, 11) is 3.58. The van der Waals surface area contributed by atoms with Gasteiger partial charge in [-0.2, -0.15) is 5.10 Å². The van der Waals surface area contributed by atoms with Gasteiger partial charge in [0.1, 0.15) is 0 Å². The average molecular weight is 460 g/mol. The number of rotatable bonds is 7. The summed E-state index contributed by atoms with van der Waals surface area (Å²) in [6.45, 7) is 4.26. The second-order valence-electron chi connectivity index (χ2n) is 8.88. The van der Waals surface area contributed by atoms with E-state index in [-0.39, 0.29) is 17.9 Å². The summed E-state index contributed by atoms with van der Waals surface area (Å²) in [5.41, 5.74) is 4.18. The first-order valence-corrected chi connectivity index (χ1v) is 11.6. The Morgan fingerprint density at radius 1 is 1.12 bits per heavy atom. The third kappa shape index (κ3) is 3.84. The summed E-state index contributed by atoms with van der Waals surface area (Å²) in [6.07, 6.45) is 4.85. The molecule has 176 valence electrons. The van der Waals surface area contributed by atoms with Gasteiger partial charge in [0, 0.05) is 61.5 Å². The molecule has 0 radical (unpaired) electrons. The highest BCUT2D eigenvalue weighted by atomic mass is 16.5. The summed E-state index contributed by atoms with van der Waals surface area (Å²) >= 11 is 0. The number of nitrogens with one attached hydrogen (secondary N) is 1. The van der Waals surface area contributed by atoms with E-state index in [0.29, 0.717) is 25.3 Å². The Labute approximate surface area is 198 Å². The first-order valence-electron chi connectivity index (χ1n) is 11.6. The van der Waals surface area contributed by atoms with E-state index >= 15 is 0 Å². The minimum Gasteiger partial charge on any atom is -0.383 e. The van der Waals surface area contributed by atoms with Crippen LogP contribution in [-0.4, -0.2) is 63.9 Å². The zero-order valence-electron chi connectivity index (χ0n) is 19.7. The third-order valence-corrected chi connectivity index (χ3v) is 6.77. The van der Waals surface area contributed by atoms with E-state index in [1.165, 1.54) is 0 Å². The predicted molar refractivity (Wildman–Crippen MR) is 131 cm³/mol. The molecule has 1 N–H and O–H groups in total. The molecule has 8 nitrogen and oxygen atoms in total. The molecule has 34 heavy (non-hydrogen) atoms. The number of likely N-dealkylation sites (tertiary alicyclic amines) is 1. The topological polar surface area (TPSA) is 81.4 Å². The van der Waals surface area contributed by atoms with Crippen molar-refractivity contribution in [1.29, 1.82) is 0 Å². The molecule has 4 aromatic rings. The summed E-state index contributed by atoms with van der Waals surface area (Å²) in [5.74, 6) is -0.0500. The monoisotopic (exact) mass is 459 g/mol. The maximum Gasteiger partial charge on any atom is 0.256 e. The predicted octanol–water partition coefficient (Wildman–Crippen LogP) is 3.13. The molecule has 2 amide bonds. The van der Waals surface area contributed by atoms with Crippen molar-refractivity contribution in [3.05, 3.63) is 65.5 Å². The maximum atomic E-state index is 13.3. The standard InChI is InChI=1S/C26H29N5O3/c1-17-19(25(32)27-11-13-34-3)8-9-23-21(17)16-30(28-23)14-18-10-12-31(18)26(33)22-15-29(2)24-7-5-4-6-20(22)24/h4-9,15-16,18H,10-14H2,1-3H3,(H,27,32). The van der Waals surface area contributed by atoms with Crippen molar-refractivity contribution in [3.63, 3.8) is 0 Å². The number of para-hydroxylation sites is 1. The van der Waals surface area contributed by atoms with E-state index in [4.69, 9.17) is 9.84 Å². The highest BCUT2D eigenvalue weighted by Gasteiger charge is 2.34. The number of carbonyl (C=O) groups excluding carboxylic acids is 2. The molecule has 1 aliphatic heterocycles. The van der Waals surface area contributed by atoms with E-state index in [9.17, 15) is 9.59 Å². The molecule has 2 aromatic heterocycles. The van der Waals surface area contributed by atoms with Gasteiger partial charge < -0.3 is 19.5 Å². The number of methoxy groups -OCH3 is 1. The molecule has 0 spiro atoms. The van der Waals surface area contributed by atoms with E-state index in [1.54, 1.807) is 7.11 Å². The van der Waals surface area contributed by atoms with Crippen molar-refractivity contribution in [3.8, 4) is 0 Å². The van der Waals surface area contributed by atoms with Crippen LogP contribution in [0.3, 0.4) is 0 Å². The highest BCUT2D eigenvalue weighted by molar-refractivity contribution is 6.07. The van der Waals surface area contributed by atoms with Gasteiger partial charge >= 0.3 is 0 Å². The second-order valence-corrected chi connectivity index (χ2v) is 8.88. The van der Waals surface area contributed by atoms with E-state index in [0.717, 1.165) is 45.9 Å². The van der Waals surface area contributed by atoms with Crippen LogP contribution in [0.15, 0.2) is 48.8 Å².